The van der Waals surface area contributed by atoms with Crippen LogP contribution in [-0.2, 0) is 4.79 Å². The van der Waals surface area contributed by atoms with E-state index in [1.54, 1.807) is 13.2 Å². The molecule has 1 aliphatic carbocycles. The number of nitrogens with one attached hydrogen (secondary N) is 2. The van der Waals surface area contributed by atoms with Gasteiger partial charge in [-0.1, -0.05) is 18.2 Å². The maximum atomic E-state index is 11.8. The SMILES string of the molecule is CC#N.COc1ccccc1-c1c[nH]c2nc(NC(=O)C3CC3)ccc12. The number of para-hydroxylation sites is 1. The van der Waals surface area contributed by atoms with Gasteiger partial charge in [0.25, 0.3) is 0 Å². The summed E-state index contributed by atoms with van der Waals surface area (Å²) in [6, 6.07) is 13.4. The monoisotopic (exact) mass is 348 g/mol. The second-order valence-corrected chi connectivity index (χ2v) is 5.98. The minimum absolute atomic E-state index is 0.0633. The maximum Gasteiger partial charge on any atom is 0.228 e. The molecule has 0 spiro atoms. The summed E-state index contributed by atoms with van der Waals surface area (Å²) in [5, 5.41) is 11.2. The number of carbonyl (C=O) groups excluding carboxylic acids is 1. The second kappa shape index (κ2) is 7.70. The summed E-state index contributed by atoms with van der Waals surface area (Å²) in [5.74, 6) is 1.64. The van der Waals surface area contributed by atoms with Gasteiger partial charge < -0.3 is 15.0 Å². The van der Waals surface area contributed by atoms with Gasteiger partial charge in [0.2, 0.25) is 5.91 Å². The van der Waals surface area contributed by atoms with Gasteiger partial charge in [-0.3, -0.25) is 4.79 Å². The van der Waals surface area contributed by atoms with E-state index in [0.29, 0.717) is 5.82 Å². The molecule has 1 fully saturated rings. The highest BCUT2D eigenvalue weighted by Crippen LogP contribution is 2.35. The number of aromatic amines is 1. The van der Waals surface area contributed by atoms with Crippen LogP contribution in [0.5, 0.6) is 5.75 Å². The molecule has 0 bridgehead atoms. The number of pyridine rings is 1. The molecule has 6 heteroatoms. The van der Waals surface area contributed by atoms with E-state index in [2.05, 4.69) is 15.3 Å². The van der Waals surface area contributed by atoms with Crippen LogP contribution in [0, 0.1) is 17.2 Å². The van der Waals surface area contributed by atoms with Crippen molar-refractivity contribution in [2.75, 3.05) is 12.4 Å². The Morgan fingerprint density at radius 2 is 2.00 bits per heavy atom. The third-order valence-corrected chi connectivity index (χ3v) is 4.14. The maximum absolute atomic E-state index is 11.8. The van der Waals surface area contributed by atoms with Crippen molar-refractivity contribution in [3.63, 3.8) is 0 Å². The first-order valence-corrected chi connectivity index (χ1v) is 8.41. The van der Waals surface area contributed by atoms with Gasteiger partial charge in [-0.05, 0) is 31.0 Å². The number of ether oxygens (including phenoxy) is 1. The fraction of sp³-hybridized carbons (Fsp3) is 0.250. The van der Waals surface area contributed by atoms with Crippen LogP contribution in [0.4, 0.5) is 5.82 Å². The highest BCUT2D eigenvalue weighted by molar-refractivity contribution is 5.98. The van der Waals surface area contributed by atoms with E-state index in [0.717, 1.165) is 40.8 Å². The average Bonchev–Trinajstić information content (AvgIpc) is 3.43. The number of anilines is 1. The number of rotatable bonds is 4. The number of carbonyl (C=O) groups is 1. The van der Waals surface area contributed by atoms with Gasteiger partial charge in [0, 0.05) is 35.6 Å². The van der Waals surface area contributed by atoms with Gasteiger partial charge in [-0.25, -0.2) is 4.98 Å². The van der Waals surface area contributed by atoms with Gasteiger partial charge in [0.15, 0.2) is 0 Å². The Hall–Kier alpha value is -3.33. The number of methoxy groups -OCH3 is 1. The highest BCUT2D eigenvalue weighted by Gasteiger charge is 2.29. The highest BCUT2D eigenvalue weighted by atomic mass is 16.5. The molecule has 6 nitrogen and oxygen atoms in total. The van der Waals surface area contributed by atoms with Gasteiger partial charge in [0.1, 0.15) is 17.2 Å². The summed E-state index contributed by atoms with van der Waals surface area (Å²) in [5.41, 5.74) is 2.79. The molecule has 3 aromatic rings. The van der Waals surface area contributed by atoms with Crippen LogP contribution in [0.15, 0.2) is 42.6 Å². The number of fused-ring (bicyclic) bond motifs is 1. The van der Waals surface area contributed by atoms with Crippen LogP contribution >= 0.6 is 0 Å². The number of H-pyrrole nitrogens is 1. The van der Waals surface area contributed by atoms with Crippen molar-refractivity contribution < 1.29 is 9.53 Å². The topological polar surface area (TPSA) is 90.8 Å². The molecule has 4 rings (SSSR count). The third kappa shape index (κ3) is 3.67. The predicted molar refractivity (Wildman–Crippen MR) is 101 cm³/mol. The number of hydrogen-bond donors (Lipinski definition) is 2. The second-order valence-electron chi connectivity index (χ2n) is 5.98. The number of nitriles is 1. The first-order chi connectivity index (χ1) is 12.7. The van der Waals surface area contributed by atoms with Crippen LogP contribution in [-0.4, -0.2) is 23.0 Å². The Labute approximate surface area is 151 Å². The summed E-state index contributed by atoms with van der Waals surface area (Å²) >= 11 is 0. The molecule has 132 valence electrons. The first kappa shape index (κ1) is 17.5. The zero-order valence-electron chi connectivity index (χ0n) is 14.7. The van der Waals surface area contributed by atoms with E-state index in [-0.39, 0.29) is 11.8 Å². The number of amides is 1. The van der Waals surface area contributed by atoms with Crippen molar-refractivity contribution in [2.24, 2.45) is 5.92 Å². The van der Waals surface area contributed by atoms with Crippen LogP contribution in [0.3, 0.4) is 0 Å². The van der Waals surface area contributed by atoms with Crippen molar-refractivity contribution in [1.82, 2.24) is 9.97 Å². The summed E-state index contributed by atoms with van der Waals surface area (Å²) in [6.07, 6.45) is 3.88. The lowest BCUT2D eigenvalue weighted by Gasteiger charge is -2.07. The molecule has 2 aromatic heterocycles. The van der Waals surface area contributed by atoms with E-state index in [1.165, 1.54) is 6.92 Å². The van der Waals surface area contributed by atoms with Crippen LogP contribution in [0.25, 0.3) is 22.2 Å². The van der Waals surface area contributed by atoms with Crippen LogP contribution in [0.1, 0.15) is 19.8 Å². The van der Waals surface area contributed by atoms with Gasteiger partial charge in [-0.15, -0.1) is 0 Å². The number of aromatic nitrogens is 2. The molecule has 1 aliphatic rings. The smallest absolute Gasteiger partial charge is 0.228 e. The summed E-state index contributed by atoms with van der Waals surface area (Å²) in [7, 11) is 1.66. The van der Waals surface area contributed by atoms with Crippen molar-refractivity contribution in [1.29, 1.82) is 5.26 Å². The summed E-state index contributed by atoms with van der Waals surface area (Å²) in [6.45, 7) is 1.43. The van der Waals surface area contributed by atoms with E-state index in [9.17, 15) is 4.79 Å². The van der Waals surface area contributed by atoms with Gasteiger partial charge in [0.05, 0.1) is 13.2 Å². The van der Waals surface area contributed by atoms with Crippen LogP contribution in [0.2, 0.25) is 0 Å². The molecule has 0 atom stereocenters. The van der Waals surface area contributed by atoms with Crippen molar-refractivity contribution in [2.45, 2.75) is 19.8 Å². The molecule has 0 unspecified atom stereocenters. The Kier molecular flexibility index (Phi) is 5.18. The fourth-order valence-electron chi connectivity index (χ4n) is 2.74. The molecular formula is C20H20N4O2. The number of nitrogens with zero attached hydrogens (tertiary/aromatic N) is 2. The zero-order chi connectivity index (χ0) is 18.5. The Morgan fingerprint density at radius 3 is 2.69 bits per heavy atom. The van der Waals surface area contributed by atoms with Crippen molar-refractivity contribution in [3.8, 4) is 22.9 Å². The molecule has 0 aliphatic heterocycles. The standard InChI is InChI=1S/C18H17N3O2.C2H3N/c1-23-15-5-3-2-4-12(15)14-10-19-17-13(14)8-9-16(20-17)21-18(22)11-6-7-11;1-2-3/h2-5,8-11H,6-7H2,1H3,(H2,19,20,21,22);1H3. The largest absolute Gasteiger partial charge is 0.496 e. The summed E-state index contributed by atoms with van der Waals surface area (Å²) < 4.78 is 5.44. The van der Waals surface area contributed by atoms with E-state index >= 15 is 0 Å². The Balaban J connectivity index is 0.000000613. The molecule has 1 aromatic carbocycles. The van der Waals surface area contributed by atoms with E-state index in [1.807, 2.05) is 42.6 Å². The predicted octanol–water partition coefficient (Wildman–Crippen LogP) is 4.12. The molecule has 2 heterocycles. The normalized spacial score (nSPS) is 12.7. The molecule has 26 heavy (non-hydrogen) atoms. The van der Waals surface area contributed by atoms with Gasteiger partial charge >= 0.3 is 0 Å². The zero-order valence-corrected chi connectivity index (χ0v) is 14.7. The Morgan fingerprint density at radius 1 is 1.27 bits per heavy atom. The molecule has 2 N–H and O–H groups in total. The molecule has 1 saturated carbocycles. The lowest BCUT2D eigenvalue weighted by molar-refractivity contribution is -0.117. The third-order valence-electron chi connectivity index (χ3n) is 4.14. The van der Waals surface area contributed by atoms with Crippen LogP contribution < -0.4 is 10.1 Å². The average molecular weight is 348 g/mol. The minimum Gasteiger partial charge on any atom is -0.496 e. The molecule has 0 saturated heterocycles. The van der Waals surface area contributed by atoms with Crippen molar-refractivity contribution >= 4 is 22.8 Å². The van der Waals surface area contributed by atoms with E-state index < -0.39 is 0 Å². The number of hydrogen-bond acceptors (Lipinski definition) is 4. The molecule has 0 radical (unpaired) electrons. The van der Waals surface area contributed by atoms with Crippen molar-refractivity contribution in [3.05, 3.63) is 42.6 Å². The number of benzene rings is 1. The molecular weight excluding hydrogens is 328 g/mol. The fourth-order valence-corrected chi connectivity index (χ4v) is 2.74. The quantitative estimate of drug-likeness (QED) is 0.742. The summed E-state index contributed by atoms with van der Waals surface area (Å²) in [4.78, 5) is 19.5. The lowest BCUT2D eigenvalue weighted by atomic mass is 10.0. The Bertz CT molecular complexity index is 967. The molecule has 1 amide bonds. The van der Waals surface area contributed by atoms with E-state index in [4.69, 9.17) is 10.00 Å². The lowest BCUT2D eigenvalue weighted by Crippen LogP contribution is -2.14. The van der Waals surface area contributed by atoms with Gasteiger partial charge in [-0.2, -0.15) is 5.26 Å². The first-order valence-electron chi connectivity index (χ1n) is 8.41. The minimum atomic E-state index is 0.0633.